The standard InChI is InChI=1S/C31H33Cl2NOS/c1-4-18-31(3)20-28(23-10-9-11-25(33)19-23)29(22-14-16-24(32)17-15-22)34(30(31)35)26(5-2)21-36-27-12-7-6-8-13-27/h4,6-17,19,26,28-29H,1,5,18,20-21H2,2-3H3/t26-,28?,29?,31?/m0/s1. The molecule has 0 N–H and O–H groups in total. The third-order valence-corrected chi connectivity index (χ3v) is 8.88. The van der Waals surface area contributed by atoms with Gasteiger partial charge in [-0.05, 0) is 66.8 Å². The molecule has 1 aliphatic rings. The first-order valence-electron chi connectivity index (χ1n) is 12.5. The molecular weight excluding hydrogens is 505 g/mol. The Kier molecular flexibility index (Phi) is 8.87. The smallest absolute Gasteiger partial charge is 0.229 e. The zero-order chi connectivity index (χ0) is 25.7. The van der Waals surface area contributed by atoms with Crippen LogP contribution in [0.25, 0.3) is 0 Å². The van der Waals surface area contributed by atoms with Crippen molar-refractivity contribution in [1.82, 2.24) is 4.90 Å². The molecule has 188 valence electrons. The lowest BCUT2D eigenvalue weighted by atomic mass is 9.67. The van der Waals surface area contributed by atoms with E-state index in [4.69, 9.17) is 23.2 Å². The maximum atomic E-state index is 14.4. The summed E-state index contributed by atoms with van der Waals surface area (Å²) in [5, 5.41) is 1.40. The molecule has 4 rings (SSSR count). The van der Waals surface area contributed by atoms with Crippen LogP contribution in [0.15, 0.2) is 96.4 Å². The predicted octanol–water partition coefficient (Wildman–Crippen LogP) is 9.20. The summed E-state index contributed by atoms with van der Waals surface area (Å²) < 4.78 is 0. The van der Waals surface area contributed by atoms with Gasteiger partial charge < -0.3 is 4.90 Å². The van der Waals surface area contributed by atoms with Gasteiger partial charge >= 0.3 is 0 Å². The summed E-state index contributed by atoms with van der Waals surface area (Å²) in [4.78, 5) is 17.8. The summed E-state index contributed by atoms with van der Waals surface area (Å²) in [7, 11) is 0. The van der Waals surface area contributed by atoms with Crippen molar-refractivity contribution in [2.45, 2.75) is 56.0 Å². The van der Waals surface area contributed by atoms with Crippen LogP contribution in [0.2, 0.25) is 10.0 Å². The van der Waals surface area contributed by atoms with E-state index in [2.05, 4.69) is 73.9 Å². The second kappa shape index (κ2) is 11.9. The number of likely N-dealkylation sites (tertiary alicyclic amines) is 1. The third kappa shape index (κ3) is 5.85. The van der Waals surface area contributed by atoms with Crippen LogP contribution in [0.1, 0.15) is 56.2 Å². The summed E-state index contributed by atoms with van der Waals surface area (Å²) in [6.07, 6.45) is 4.11. The monoisotopic (exact) mass is 537 g/mol. The number of allylic oxidation sites excluding steroid dienone is 1. The van der Waals surface area contributed by atoms with Crippen molar-refractivity contribution >= 4 is 40.9 Å². The van der Waals surface area contributed by atoms with Gasteiger partial charge in [-0.1, -0.05) is 85.6 Å². The molecule has 36 heavy (non-hydrogen) atoms. The molecule has 0 saturated carbocycles. The molecule has 0 aliphatic carbocycles. The maximum absolute atomic E-state index is 14.4. The fourth-order valence-electron chi connectivity index (χ4n) is 5.39. The summed E-state index contributed by atoms with van der Waals surface area (Å²) in [5.74, 6) is 1.10. The van der Waals surface area contributed by atoms with E-state index >= 15 is 0 Å². The maximum Gasteiger partial charge on any atom is 0.229 e. The number of hydrogen-bond acceptors (Lipinski definition) is 2. The van der Waals surface area contributed by atoms with E-state index in [0.717, 1.165) is 29.7 Å². The minimum absolute atomic E-state index is 0.0644. The van der Waals surface area contributed by atoms with Gasteiger partial charge in [-0.2, -0.15) is 0 Å². The molecule has 3 aromatic rings. The fourth-order valence-corrected chi connectivity index (χ4v) is 6.85. The molecule has 2 nitrogen and oxygen atoms in total. The second-order valence-electron chi connectivity index (χ2n) is 9.81. The molecule has 0 radical (unpaired) electrons. The Morgan fingerprint density at radius 2 is 1.75 bits per heavy atom. The zero-order valence-electron chi connectivity index (χ0n) is 20.9. The Bertz CT molecular complexity index is 1180. The van der Waals surface area contributed by atoms with Crippen molar-refractivity contribution in [3.63, 3.8) is 0 Å². The van der Waals surface area contributed by atoms with E-state index in [0.29, 0.717) is 16.5 Å². The molecule has 3 aromatic carbocycles. The largest absolute Gasteiger partial charge is 0.331 e. The quantitative estimate of drug-likeness (QED) is 0.200. The average molecular weight is 539 g/mol. The topological polar surface area (TPSA) is 20.3 Å². The van der Waals surface area contributed by atoms with Gasteiger partial charge in [0.05, 0.1) is 11.5 Å². The SMILES string of the molecule is C=CCC1(C)CC(c2cccc(Cl)c2)C(c2ccc(Cl)cc2)N([C@@H](CC)CSc2ccccc2)C1=O. The lowest BCUT2D eigenvalue weighted by Gasteiger charge is -2.52. The van der Waals surface area contributed by atoms with E-state index in [1.165, 1.54) is 4.90 Å². The summed E-state index contributed by atoms with van der Waals surface area (Å²) >= 11 is 14.5. The average Bonchev–Trinajstić information content (AvgIpc) is 2.88. The van der Waals surface area contributed by atoms with Crippen LogP contribution in [-0.2, 0) is 4.79 Å². The molecule has 0 bridgehead atoms. The minimum Gasteiger partial charge on any atom is -0.331 e. The van der Waals surface area contributed by atoms with Crippen molar-refractivity contribution in [3.05, 3.63) is 113 Å². The van der Waals surface area contributed by atoms with E-state index in [1.54, 1.807) is 11.8 Å². The van der Waals surface area contributed by atoms with Gasteiger partial charge in [0.2, 0.25) is 5.91 Å². The van der Waals surface area contributed by atoms with Gasteiger partial charge in [-0.3, -0.25) is 4.79 Å². The first-order chi connectivity index (χ1) is 17.4. The Balaban J connectivity index is 1.82. The van der Waals surface area contributed by atoms with Gasteiger partial charge in [0.15, 0.2) is 0 Å². The van der Waals surface area contributed by atoms with Crippen molar-refractivity contribution in [3.8, 4) is 0 Å². The number of carbonyl (C=O) groups is 1. The highest BCUT2D eigenvalue weighted by Crippen LogP contribution is 2.52. The van der Waals surface area contributed by atoms with Gasteiger partial charge in [0.1, 0.15) is 0 Å². The van der Waals surface area contributed by atoms with Crippen molar-refractivity contribution < 1.29 is 4.79 Å². The molecule has 0 aromatic heterocycles. The van der Waals surface area contributed by atoms with E-state index in [-0.39, 0.29) is 23.9 Å². The van der Waals surface area contributed by atoms with Crippen LogP contribution < -0.4 is 0 Å². The highest BCUT2D eigenvalue weighted by Gasteiger charge is 2.50. The molecule has 0 spiro atoms. The van der Waals surface area contributed by atoms with Crippen LogP contribution in [0.3, 0.4) is 0 Å². The molecule has 5 heteroatoms. The number of thioether (sulfide) groups is 1. The normalized spacial score (nSPS) is 22.9. The molecule has 1 saturated heterocycles. The Hall–Kier alpha value is -2.20. The van der Waals surface area contributed by atoms with Crippen LogP contribution >= 0.6 is 35.0 Å². The summed E-state index contributed by atoms with van der Waals surface area (Å²) in [6.45, 7) is 8.26. The van der Waals surface area contributed by atoms with E-state index < -0.39 is 5.41 Å². The number of benzene rings is 3. The number of piperidine rings is 1. The number of carbonyl (C=O) groups excluding carboxylic acids is 1. The van der Waals surface area contributed by atoms with E-state index in [9.17, 15) is 4.79 Å². The number of hydrogen-bond donors (Lipinski definition) is 0. The second-order valence-corrected chi connectivity index (χ2v) is 11.8. The van der Waals surface area contributed by atoms with Gasteiger partial charge in [-0.25, -0.2) is 0 Å². The van der Waals surface area contributed by atoms with Crippen LogP contribution in [0, 0.1) is 5.41 Å². The number of halogens is 2. The Labute approximate surface area is 229 Å². The highest BCUT2D eigenvalue weighted by atomic mass is 35.5. The van der Waals surface area contributed by atoms with Crippen molar-refractivity contribution in [2.75, 3.05) is 5.75 Å². The molecule has 1 amide bonds. The fraction of sp³-hybridized carbons (Fsp3) is 0.323. The van der Waals surface area contributed by atoms with Crippen LogP contribution in [-0.4, -0.2) is 22.6 Å². The van der Waals surface area contributed by atoms with Crippen LogP contribution in [0.5, 0.6) is 0 Å². The molecule has 4 atom stereocenters. The summed E-state index contributed by atoms with van der Waals surface area (Å²) in [6, 6.07) is 26.4. The third-order valence-electron chi connectivity index (χ3n) is 7.24. The van der Waals surface area contributed by atoms with Crippen molar-refractivity contribution in [2.24, 2.45) is 5.41 Å². The lowest BCUT2D eigenvalue weighted by molar-refractivity contribution is -0.153. The molecular formula is C31H33Cl2NOS. The van der Waals surface area contributed by atoms with Crippen molar-refractivity contribution in [1.29, 1.82) is 0 Å². The highest BCUT2D eigenvalue weighted by molar-refractivity contribution is 7.99. The Morgan fingerprint density at radius 1 is 1.03 bits per heavy atom. The van der Waals surface area contributed by atoms with E-state index in [1.807, 2.05) is 36.4 Å². The van der Waals surface area contributed by atoms with Gasteiger partial charge in [-0.15, -0.1) is 18.3 Å². The minimum atomic E-state index is -0.539. The van der Waals surface area contributed by atoms with Gasteiger partial charge in [0.25, 0.3) is 0 Å². The lowest BCUT2D eigenvalue weighted by Crippen LogP contribution is -2.56. The predicted molar refractivity (Wildman–Crippen MR) is 154 cm³/mol. The number of amides is 1. The molecule has 3 unspecified atom stereocenters. The molecule has 1 fully saturated rings. The first kappa shape index (κ1) is 26.9. The Morgan fingerprint density at radius 3 is 2.39 bits per heavy atom. The first-order valence-corrected chi connectivity index (χ1v) is 14.2. The number of rotatable bonds is 9. The summed E-state index contributed by atoms with van der Waals surface area (Å²) in [5.41, 5.74) is 1.71. The molecule has 1 heterocycles. The van der Waals surface area contributed by atoms with Crippen LogP contribution in [0.4, 0.5) is 0 Å². The number of nitrogens with zero attached hydrogens (tertiary/aromatic N) is 1. The molecule has 1 aliphatic heterocycles. The zero-order valence-corrected chi connectivity index (χ0v) is 23.2. The van der Waals surface area contributed by atoms with Gasteiger partial charge in [0, 0.05) is 32.7 Å².